The molecule has 1 amide bonds. The minimum absolute atomic E-state index is 0.0745. The molecule has 0 saturated heterocycles. The van der Waals surface area contributed by atoms with E-state index in [2.05, 4.69) is 10.4 Å². The number of hydrogen-bond acceptors (Lipinski definition) is 3. The van der Waals surface area contributed by atoms with E-state index in [9.17, 15) is 22.8 Å². The third-order valence-corrected chi connectivity index (χ3v) is 4.72. The molecule has 2 aromatic heterocycles. The topological polar surface area (TPSA) is 68.4 Å². The highest BCUT2D eigenvalue weighted by Gasteiger charge is 2.30. The second kappa shape index (κ2) is 7.73. The predicted molar refractivity (Wildman–Crippen MR) is 101 cm³/mol. The van der Waals surface area contributed by atoms with Gasteiger partial charge in [-0.05, 0) is 42.7 Å². The number of fused-ring (bicyclic) bond motifs is 1. The third kappa shape index (κ3) is 4.33. The Kier molecular flexibility index (Phi) is 5.50. The minimum atomic E-state index is -4.42. The standard InChI is InChI=1S/C20H21F3N4O2/c1-12(2)18(14-5-7-15(8-6-14)20(21,22)23)25-17(28)11-26-19(29)27-13(3)4-9-16(27)10-24-26/h4-10,12,18H,11H2,1-3H3,(H,25,28)/t18-/m0/s1. The summed E-state index contributed by atoms with van der Waals surface area (Å²) in [5.74, 6) is -0.531. The van der Waals surface area contributed by atoms with Crippen LogP contribution in [-0.4, -0.2) is 20.1 Å². The van der Waals surface area contributed by atoms with Gasteiger partial charge >= 0.3 is 11.9 Å². The van der Waals surface area contributed by atoms with Crippen molar-refractivity contribution < 1.29 is 18.0 Å². The molecular weight excluding hydrogens is 385 g/mol. The van der Waals surface area contributed by atoms with Crippen molar-refractivity contribution in [2.45, 2.75) is 39.5 Å². The van der Waals surface area contributed by atoms with Crippen molar-refractivity contribution in [2.75, 3.05) is 0 Å². The molecule has 0 spiro atoms. The molecule has 9 heteroatoms. The van der Waals surface area contributed by atoms with Gasteiger partial charge in [-0.2, -0.15) is 18.3 Å². The molecule has 0 aliphatic heterocycles. The summed E-state index contributed by atoms with van der Waals surface area (Å²) >= 11 is 0. The number of aryl methyl sites for hydroxylation is 1. The number of hydrogen-bond donors (Lipinski definition) is 1. The Balaban J connectivity index is 1.79. The molecule has 0 bridgehead atoms. The van der Waals surface area contributed by atoms with Crippen LogP contribution in [0.25, 0.3) is 5.52 Å². The Bertz CT molecular complexity index is 1080. The lowest BCUT2D eigenvalue weighted by Gasteiger charge is -2.23. The van der Waals surface area contributed by atoms with Gasteiger partial charge in [-0.15, -0.1) is 0 Å². The highest BCUT2D eigenvalue weighted by Crippen LogP contribution is 2.31. The molecule has 1 aromatic carbocycles. The lowest BCUT2D eigenvalue weighted by atomic mass is 9.95. The van der Waals surface area contributed by atoms with Gasteiger partial charge in [0.15, 0.2) is 0 Å². The molecule has 154 valence electrons. The van der Waals surface area contributed by atoms with E-state index in [-0.39, 0.29) is 12.5 Å². The number of carbonyl (C=O) groups excluding carboxylic acids is 1. The molecule has 1 N–H and O–H groups in total. The highest BCUT2D eigenvalue weighted by molar-refractivity contribution is 5.76. The van der Waals surface area contributed by atoms with Crippen molar-refractivity contribution in [3.05, 3.63) is 69.9 Å². The van der Waals surface area contributed by atoms with Crippen molar-refractivity contribution >= 4 is 11.4 Å². The fraction of sp³-hybridized carbons (Fsp3) is 0.350. The van der Waals surface area contributed by atoms with Crippen LogP contribution in [0.4, 0.5) is 13.2 Å². The number of nitrogens with one attached hydrogen (secondary N) is 1. The number of benzene rings is 1. The summed E-state index contributed by atoms with van der Waals surface area (Å²) in [6.45, 7) is 5.18. The van der Waals surface area contributed by atoms with Crippen LogP contribution in [0.1, 0.15) is 36.7 Å². The molecule has 0 aliphatic rings. The first-order chi connectivity index (χ1) is 13.6. The van der Waals surface area contributed by atoms with E-state index >= 15 is 0 Å². The molecule has 1 atom stereocenters. The maximum Gasteiger partial charge on any atom is 0.416 e. The third-order valence-electron chi connectivity index (χ3n) is 4.72. The van der Waals surface area contributed by atoms with Gasteiger partial charge in [0.05, 0.1) is 23.3 Å². The molecule has 29 heavy (non-hydrogen) atoms. The van der Waals surface area contributed by atoms with Gasteiger partial charge in [-0.25, -0.2) is 9.48 Å². The molecule has 0 aliphatic carbocycles. The lowest BCUT2D eigenvalue weighted by Crippen LogP contribution is -2.39. The lowest BCUT2D eigenvalue weighted by molar-refractivity contribution is -0.137. The van der Waals surface area contributed by atoms with Crippen molar-refractivity contribution in [1.29, 1.82) is 0 Å². The van der Waals surface area contributed by atoms with Gasteiger partial charge < -0.3 is 5.32 Å². The quantitative estimate of drug-likeness (QED) is 0.707. The average molecular weight is 406 g/mol. The first-order valence-electron chi connectivity index (χ1n) is 9.08. The Morgan fingerprint density at radius 2 is 1.79 bits per heavy atom. The van der Waals surface area contributed by atoms with E-state index in [1.165, 1.54) is 22.7 Å². The van der Waals surface area contributed by atoms with Crippen LogP contribution in [0.3, 0.4) is 0 Å². The van der Waals surface area contributed by atoms with Crippen LogP contribution >= 0.6 is 0 Å². The fourth-order valence-electron chi connectivity index (χ4n) is 3.19. The second-order valence-corrected chi connectivity index (χ2v) is 7.23. The van der Waals surface area contributed by atoms with Gasteiger partial charge in [0.1, 0.15) is 6.54 Å². The molecule has 0 radical (unpaired) electrons. The van der Waals surface area contributed by atoms with E-state index in [1.807, 2.05) is 13.8 Å². The Morgan fingerprint density at radius 1 is 1.14 bits per heavy atom. The van der Waals surface area contributed by atoms with Gasteiger partial charge in [0.25, 0.3) is 0 Å². The summed E-state index contributed by atoms with van der Waals surface area (Å²) in [5.41, 5.74) is 0.732. The van der Waals surface area contributed by atoms with E-state index in [0.29, 0.717) is 11.1 Å². The van der Waals surface area contributed by atoms with E-state index in [1.54, 1.807) is 19.1 Å². The zero-order valence-corrected chi connectivity index (χ0v) is 16.2. The molecule has 0 saturated carbocycles. The molecular formula is C20H21F3N4O2. The Labute approximate surface area is 165 Å². The van der Waals surface area contributed by atoms with Gasteiger partial charge in [-0.3, -0.25) is 9.20 Å². The summed E-state index contributed by atoms with van der Waals surface area (Å²) < 4.78 is 40.8. The monoisotopic (exact) mass is 406 g/mol. The van der Waals surface area contributed by atoms with Crippen LogP contribution in [0.5, 0.6) is 0 Å². The molecule has 3 rings (SSSR count). The Morgan fingerprint density at radius 3 is 2.38 bits per heavy atom. The van der Waals surface area contributed by atoms with Crippen LogP contribution in [0, 0.1) is 12.8 Å². The number of amides is 1. The van der Waals surface area contributed by atoms with E-state index in [4.69, 9.17) is 0 Å². The molecule has 3 aromatic rings. The SMILES string of the molecule is Cc1ccc2cnn(CC(=O)N[C@H](c3ccc(C(F)(F)F)cc3)C(C)C)c(=O)n12. The summed E-state index contributed by atoms with van der Waals surface area (Å²) in [7, 11) is 0. The highest BCUT2D eigenvalue weighted by atomic mass is 19.4. The fourth-order valence-corrected chi connectivity index (χ4v) is 3.19. The van der Waals surface area contributed by atoms with Crippen LogP contribution in [0.2, 0.25) is 0 Å². The zero-order chi connectivity index (χ0) is 21.3. The summed E-state index contributed by atoms with van der Waals surface area (Å²) in [4.78, 5) is 25.1. The molecule has 0 unspecified atom stereocenters. The van der Waals surface area contributed by atoms with E-state index in [0.717, 1.165) is 22.5 Å². The van der Waals surface area contributed by atoms with Crippen LogP contribution in [0.15, 0.2) is 47.4 Å². The molecule has 0 fully saturated rings. The van der Waals surface area contributed by atoms with Crippen molar-refractivity contribution in [1.82, 2.24) is 19.5 Å². The van der Waals surface area contributed by atoms with Crippen molar-refractivity contribution in [3.8, 4) is 0 Å². The predicted octanol–water partition coefficient (Wildman–Crippen LogP) is 3.34. The van der Waals surface area contributed by atoms with Crippen LogP contribution < -0.4 is 11.0 Å². The smallest absolute Gasteiger partial charge is 0.347 e. The van der Waals surface area contributed by atoms with Crippen molar-refractivity contribution in [3.63, 3.8) is 0 Å². The zero-order valence-electron chi connectivity index (χ0n) is 16.2. The number of aromatic nitrogens is 3. The summed E-state index contributed by atoms with van der Waals surface area (Å²) in [6.07, 6.45) is -2.92. The number of alkyl halides is 3. The van der Waals surface area contributed by atoms with Crippen molar-refractivity contribution in [2.24, 2.45) is 5.92 Å². The van der Waals surface area contributed by atoms with Gasteiger partial charge in [-0.1, -0.05) is 26.0 Å². The van der Waals surface area contributed by atoms with Crippen LogP contribution in [-0.2, 0) is 17.5 Å². The number of rotatable bonds is 5. The minimum Gasteiger partial charge on any atom is -0.347 e. The number of halogens is 3. The largest absolute Gasteiger partial charge is 0.416 e. The molecule has 6 nitrogen and oxygen atoms in total. The van der Waals surface area contributed by atoms with E-state index < -0.39 is 29.4 Å². The molecule has 2 heterocycles. The average Bonchev–Trinajstić information content (AvgIpc) is 3.03. The van der Waals surface area contributed by atoms with Gasteiger partial charge in [0.2, 0.25) is 5.91 Å². The first-order valence-corrected chi connectivity index (χ1v) is 9.08. The summed E-state index contributed by atoms with van der Waals surface area (Å²) in [5, 5.41) is 6.81. The first kappa shape index (κ1) is 20.6. The summed E-state index contributed by atoms with van der Waals surface area (Å²) in [6, 6.07) is 7.73. The maximum absolute atomic E-state index is 12.8. The maximum atomic E-state index is 12.8. The number of carbonyl (C=O) groups is 1. The normalized spacial score (nSPS) is 13.1. The van der Waals surface area contributed by atoms with Gasteiger partial charge in [0, 0.05) is 5.69 Å². The number of nitrogens with zero attached hydrogens (tertiary/aromatic N) is 3. The Hall–Kier alpha value is -3.10. The second-order valence-electron chi connectivity index (χ2n) is 7.23.